The molecule has 1 aliphatic rings. The van der Waals surface area contributed by atoms with Gasteiger partial charge < -0.3 is 28.8 Å². The number of carbonyl (C=O) groups is 2. The van der Waals surface area contributed by atoms with Crippen molar-refractivity contribution in [2.24, 2.45) is 5.92 Å². The van der Waals surface area contributed by atoms with Gasteiger partial charge in [0.2, 0.25) is 0 Å². The maximum Gasteiger partial charge on any atom is 0.498 e. The summed E-state index contributed by atoms with van der Waals surface area (Å²) in [4.78, 5) is 25.5. The molecule has 1 atom stereocenters. The molecule has 212 valence electrons. The Morgan fingerprint density at radius 1 is 0.949 bits per heavy atom. The van der Waals surface area contributed by atoms with Crippen molar-refractivity contribution >= 4 is 30.1 Å². The Bertz CT molecular complexity index is 1160. The predicted molar refractivity (Wildman–Crippen MR) is 153 cm³/mol. The molecule has 8 nitrogen and oxygen atoms in total. The summed E-state index contributed by atoms with van der Waals surface area (Å²) in [7, 11) is 0.698. The summed E-state index contributed by atoms with van der Waals surface area (Å²) in [6.45, 7) is 16.7. The first-order chi connectivity index (χ1) is 18.3. The molecule has 0 radical (unpaired) electrons. The fourth-order valence-electron chi connectivity index (χ4n) is 3.83. The number of hydrogen-bond acceptors (Lipinski definition) is 7. The van der Waals surface area contributed by atoms with Gasteiger partial charge in [-0.15, -0.1) is 0 Å². The van der Waals surface area contributed by atoms with E-state index in [2.05, 4.69) is 19.2 Å². The molecule has 1 saturated heterocycles. The summed E-state index contributed by atoms with van der Waals surface area (Å²) in [6, 6.07) is 10.1. The Hall–Kier alpha value is -3.04. The Morgan fingerprint density at radius 3 is 2.15 bits per heavy atom. The van der Waals surface area contributed by atoms with Crippen LogP contribution < -0.4 is 20.3 Å². The Balaban J connectivity index is 1.91. The molecule has 1 aliphatic heterocycles. The van der Waals surface area contributed by atoms with Crippen LogP contribution in [0.3, 0.4) is 0 Å². The van der Waals surface area contributed by atoms with Crippen molar-refractivity contribution in [1.82, 2.24) is 0 Å². The lowest BCUT2D eigenvalue weighted by molar-refractivity contribution is 0.00578. The van der Waals surface area contributed by atoms with Gasteiger partial charge in [0.25, 0.3) is 5.91 Å². The van der Waals surface area contributed by atoms with E-state index in [1.54, 1.807) is 30.3 Å². The SMILES string of the molecule is CCC(C)Oc1cc(C(=O)OC)ccc1NC(=O)c1ccc(B2OC(C)(C)C(C)(C)O2)c(OCCC(C)C)c1. The topological polar surface area (TPSA) is 92.3 Å². The van der Waals surface area contributed by atoms with Gasteiger partial charge in [0.05, 0.1) is 42.3 Å². The average molecular weight is 539 g/mol. The summed E-state index contributed by atoms with van der Waals surface area (Å²) in [5.74, 6) is 0.572. The third-order valence-electron chi connectivity index (χ3n) is 7.29. The van der Waals surface area contributed by atoms with Gasteiger partial charge in [-0.25, -0.2) is 4.79 Å². The number of ether oxygens (including phenoxy) is 3. The van der Waals surface area contributed by atoms with Crippen LogP contribution in [-0.4, -0.2) is 50.0 Å². The van der Waals surface area contributed by atoms with Crippen LogP contribution in [0.4, 0.5) is 5.69 Å². The molecule has 0 aromatic heterocycles. The molecule has 2 aromatic rings. The van der Waals surface area contributed by atoms with Gasteiger partial charge in [0.1, 0.15) is 11.5 Å². The molecule has 1 heterocycles. The summed E-state index contributed by atoms with van der Waals surface area (Å²) in [5, 5.41) is 2.92. The minimum Gasteiger partial charge on any atom is -0.494 e. The number of benzene rings is 2. The van der Waals surface area contributed by atoms with E-state index in [0.717, 1.165) is 18.3 Å². The minimum absolute atomic E-state index is 0.117. The molecule has 1 N–H and O–H groups in total. The van der Waals surface area contributed by atoms with Crippen molar-refractivity contribution in [3.8, 4) is 11.5 Å². The largest absolute Gasteiger partial charge is 0.498 e. The second-order valence-electron chi connectivity index (χ2n) is 11.4. The lowest BCUT2D eigenvalue weighted by atomic mass is 9.78. The summed E-state index contributed by atoms with van der Waals surface area (Å²) in [5.41, 5.74) is 0.904. The van der Waals surface area contributed by atoms with Crippen LogP contribution >= 0.6 is 0 Å². The highest BCUT2D eigenvalue weighted by atomic mass is 16.7. The number of anilines is 1. The van der Waals surface area contributed by atoms with Crippen molar-refractivity contribution in [3.63, 3.8) is 0 Å². The monoisotopic (exact) mass is 539 g/mol. The lowest BCUT2D eigenvalue weighted by Gasteiger charge is -2.32. The number of methoxy groups -OCH3 is 1. The summed E-state index contributed by atoms with van der Waals surface area (Å²) < 4.78 is 29.5. The zero-order valence-electron chi connectivity index (χ0n) is 24.7. The molecule has 2 aromatic carbocycles. The molecular formula is C30H42BNO7. The molecule has 0 bridgehead atoms. The van der Waals surface area contributed by atoms with E-state index < -0.39 is 24.3 Å². The van der Waals surface area contributed by atoms with Crippen molar-refractivity contribution in [3.05, 3.63) is 47.5 Å². The third-order valence-corrected chi connectivity index (χ3v) is 7.29. The van der Waals surface area contributed by atoms with Crippen LogP contribution in [0.5, 0.6) is 11.5 Å². The third kappa shape index (κ3) is 7.34. The quantitative estimate of drug-likeness (QED) is 0.292. The number of amides is 1. The van der Waals surface area contributed by atoms with Gasteiger partial charge in [-0.1, -0.05) is 26.8 Å². The first-order valence-electron chi connectivity index (χ1n) is 13.6. The van der Waals surface area contributed by atoms with Crippen LogP contribution in [-0.2, 0) is 14.0 Å². The van der Waals surface area contributed by atoms with Gasteiger partial charge in [0, 0.05) is 11.0 Å². The maximum atomic E-state index is 13.4. The first-order valence-corrected chi connectivity index (χ1v) is 13.6. The molecule has 0 aliphatic carbocycles. The zero-order chi connectivity index (χ0) is 29.0. The van der Waals surface area contributed by atoms with Crippen LogP contribution in [0.25, 0.3) is 0 Å². The van der Waals surface area contributed by atoms with E-state index >= 15 is 0 Å². The second-order valence-corrected chi connectivity index (χ2v) is 11.4. The Labute approximate surface area is 232 Å². The van der Waals surface area contributed by atoms with E-state index in [0.29, 0.717) is 40.8 Å². The number of rotatable bonds is 11. The molecule has 1 unspecified atom stereocenters. The van der Waals surface area contributed by atoms with Crippen molar-refractivity contribution in [2.75, 3.05) is 19.0 Å². The highest BCUT2D eigenvalue weighted by molar-refractivity contribution is 6.63. The van der Waals surface area contributed by atoms with E-state index in [4.69, 9.17) is 23.5 Å². The van der Waals surface area contributed by atoms with E-state index in [1.807, 2.05) is 47.6 Å². The predicted octanol–water partition coefficient (Wildman–Crippen LogP) is 5.63. The highest BCUT2D eigenvalue weighted by Crippen LogP contribution is 2.37. The van der Waals surface area contributed by atoms with E-state index in [9.17, 15) is 9.59 Å². The second kappa shape index (κ2) is 12.4. The van der Waals surface area contributed by atoms with Gasteiger partial charge in [0.15, 0.2) is 0 Å². The lowest BCUT2D eigenvalue weighted by Crippen LogP contribution is -2.41. The van der Waals surface area contributed by atoms with E-state index in [-0.39, 0.29) is 12.0 Å². The van der Waals surface area contributed by atoms with Crippen LogP contribution in [0.2, 0.25) is 0 Å². The molecular weight excluding hydrogens is 497 g/mol. The van der Waals surface area contributed by atoms with Gasteiger partial charge >= 0.3 is 13.1 Å². The molecule has 1 amide bonds. The smallest absolute Gasteiger partial charge is 0.494 e. The maximum absolute atomic E-state index is 13.4. The molecule has 1 fully saturated rings. The van der Waals surface area contributed by atoms with Crippen LogP contribution in [0, 0.1) is 5.92 Å². The zero-order valence-corrected chi connectivity index (χ0v) is 24.7. The number of nitrogens with one attached hydrogen (secondary N) is 1. The molecule has 0 saturated carbocycles. The number of esters is 1. The Morgan fingerprint density at radius 2 is 1.56 bits per heavy atom. The van der Waals surface area contributed by atoms with Crippen LogP contribution in [0.15, 0.2) is 36.4 Å². The number of hydrogen-bond donors (Lipinski definition) is 1. The van der Waals surface area contributed by atoms with Crippen molar-refractivity contribution < 1.29 is 33.1 Å². The average Bonchev–Trinajstić information content (AvgIpc) is 3.10. The fourth-order valence-corrected chi connectivity index (χ4v) is 3.83. The van der Waals surface area contributed by atoms with Crippen molar-refractivity contribution in [2.45, 2.75) is 85.5 Å². The number of carbonyl (C=O) groups excluding carboxylic acids is 2. The van der Waals surface area contributed by atoms with Crippen LogP contribution in [0.1, 0.15) is 88.9 Å². The molecule has 39 heavy (non-hydrogen) atoms. The summed E-state index contributed by atoms with van der Waals surface area (Å²) in [6.07, 6.45) is 1.50. The standard InChI is InChI=1S/C30H42BNO7/c1-10-20(4)37-26-18-22(28(34)35-9)12-14-24(26)32-27(33)21-11-13-23(25(17-21)36-16-15-19(2)3)31-38-29(5,6)30(7,8)39-31/h11-14,17-20H,10,15-16H2,1-9H3,(H,32,33). The Kier molecular flexibility index (Phi) is 9.72. The minimum atomic E-state index is -0.623. The molecule has 9 heteroatoms. The van der Waals surface area contributed by atoms with Gasteiger partial charge in [-0.05, 0) is 83.7 Å². The summed E-state index contributed by atoms with van der Waals surface area (Å²) >= 11 is 0. The normalized spacial score (nSPS) is 16.6. The van der Waals surface area contributed by atoms with Gasteiger partial charge in [-0.2, -0.15) is 0 Å². The molecule has 3 rings (SSSR count). The molecule has 0 spiro atoms. The highest BCUT2D eigenvalue weighted by Gasteiger charge is 2.52. The fraction of sp³-hybridized carbons (Fsp3) is 0.533. The van der Waals surface area contributed by atoms with Crippen molar-refractivity contribution in [1.29, 1.82) is 0 Å². The van der Waals surface area contributed by atoms with E-state index in [1.165, 1.54) is 7.11 Å². The first kappa shape index (κ1) is 30.5. The van der Waals surface area contributed by atoms with Gasteiger partial charge in [-0.3, -0.25) is 4.79 Å².